The highest BCUT2D eigenvalue weighted by Crippen LogP contribution is 2.33. The summed E-state index contributed by atoms with van der Waals surface area (Å²) < 4.78 is 56.7. The van der Waals surface area contributed by atoms with Crippen LogP contribution >= 0.6 is 0 Å². The van der Waals surface area contributed by atoms with Gasteiger partial charge < -0.3 is 14.7 Å². The Hall–Kier alpha value is -1.34. The van der Waals surface area contributed by atoms with Crippen LogP contribution in [-0.4, -0.2) is 37.0 Å². The molecule has 1 aromatic rings. The van der Waals surface area contributed by atoms with Crippen LogP contribution in [-0.2, 0) is 10.9 Å². The van der Waals surface area contributed by atoms with E-state index in [1.54, 1.807) is 11.8 Å². The molecule has 1 heterocycles. The summed E-state index contributed by atoms with van der Waals surface area (Å²) in [6, 6.07) is 2.29. The highest BCUT2D eigenvalue weighted by molar-refractivity contribution is 5.51. The van der Waals surface area contributed by atoms with Crippen LogP contribution in [0.3, 0.4) is 0 Å². The Morgan fingerprint density at radius 1 is 1.40 bits per heavy atom. The fraction of sp³-hybridized carbons (Fsp3) is 0.538. The maximum Gasteiger partial charge on any atom is 0.416 e. The summed E-state index contributed by atoms with van der Waals surface area (Å²) in [5.74, 6) is -0.926. The lowest BCUT2D eigenvalue weighted by atomic mass is 10.1. The van der Waals surface area contributed by atoms with Crippen molar-refractivity contribution in [2.45, 2.75) is 25.2 Å². The van der Waals surface area contributed by atoms with Gasteiger partial charge in [-0.25, -0.2) is 4.39 Å². The molecule has 0 spiro atoms. The topological polar surface area (TPSA) is 32.7 Å². The molecule has 2 atom stereocenters. The molecule has 0 aromatic heterocycles. The molecule has 112 valence electrons. The number of nitrogens with zero attached hydrogens (tertiary/aromatic N) is 1. The normalized spacial score (nSPS) is 24.0. The monoisotopic (exact) mass is 293 g/mol. The van der Waals surface area contributed by atoms with Gasteiger partial charge in [-0.1, -0.05) is 0 Å². The number of benzene rings is 1. The zero-order valence-corrected chi connectivity index (χ0v) is 10.8. The number of rotatable bonds is 2. The second kappa shape index (κ2) is 5.57. The SMILES string of the molecule is CC1COC(CO)CN1c1ccc(C(F)(F)F)cc1F. The van der Waals surface area contributed by atoms with E-state index in [4.69, 9.17) is 9.84 Å². The first-order valence-corrected chi connectivity index (χ1v) is 6.18. The molecule has 0 bridgehead atoms. The standard InChI is InChI=1S/C13H15F4NO2/c1-8-7-20-10(6-19)5-18(8)12-3-2-9(4-11(12)14)13(15,16)17/h2-4,8,10,19H,5-7H2,1H3. The summed E-state index contributed by atoms with van der Waals surface area (Å²) in [5.41, 5.74) is -0.925. The fourth-order valence-electron chi connectivity index (χ4n) is 2.18. The van der Waals surface area contributed by atoms with Crippen LogP contribution in [0.2, 0.25) is 0 Å². The Kier molecular flexibility index (Phi) is 4.19. The number of morpholine rings is 1. The van der Waals surface area contributed by atoms with Gasteiger partial charge >= 0.3 is 6.18 Å². The summed E-state index contributed by atoms with van der Waals surface area (Å²) in [5, 5.41) is 9.07. The maximum absolute atomic E-state index is 13.9. The number of alkyl halides is 3. The summed E-state index contributed by atoms with van der Waals surface area (Å²) in [6.45, 7) is 2.09. The predicted molar refractivity (Wildman–Crippen MR) is 65.0 cm³/mol. The van der Waals surface area contributed by atoms with Gasteiger partial charge in [0.1, 0.15) is 5.82 Å². The van der Waals surface area contributed by atoms with E-state index in [0.29, 0.717) is 6.07 Å². The Balaban J connectivity index is 2.28. The van der Waals surface area contributed by atoms with Gasteiger partial charge in [0.05, 0.1) is 30.6 Å². The van der Waals surface area contributed by atoms with Crippen molar-refractivity contribution in [1.82, 2.24) is 0 Å². The van der Waals surface area contributed by atoms with Crippen LogP contribution in [0.25, 0.3) is 0 Å². The lowest BCUT2D eigenvalue weighted by Gasteiger charge is -2.39. The number of anilines is 1. The number of hydrogen-bond donors (Lipinski definition) is 1. The molecule has 1 N–H and O–H groups in total. The van der Waals surface area contributed by atoms with E-state index in [1.165, 1.54) is 0 Å². The van der Waals surface area contributed by atoms with Gasteiger partial charge in [-0.05, 0) is 25.1 Å². The van der Waals surface area contributed by atoms with Gasteiger partial charge in [-0.3, -0.25) is 0 Å². The first kappa shape index (κ1) is 15.1. The Labute approximate surface area is 113 Å². The minimum atomic E-state index is -4.57. The predicted octanol–water partition coefficient (Wildman–Crippen LogP) is 2.43. The largest absolute Gasteiger partial charge is 0.416 e. The molecule has 20 heavy (non-hydrogen) atoms. The van der Waals surface area contributed by atoms with Crippen LogP contribution in [0.5, 0.6) is 0 Å². The van der Waals surface area contributed by atoms with E-state index in [0.717, 1.165) is 12.1 Å². The third-order valence-electron chi connectivity index (χ3n) is 3.29. The number of aliphatic hydroxyl groups is 1. The van der Waals surface area contributed by atoms with Crippen LogP contribution in [0.15, 0.2) is 18.2 Å². The molecule has 0 saturated carbocycles. The van der Waals surface area contributed by atoms with Crippen molar-refractivity contribution >= 4 is 5.69 Å². The van der Waals surface area contributed by atoms with Crippen LogP contribution in [0.1, 0.15) is 12.5 Å². The van der Waals surface area contributed by atoms with Crippen molar-refractivity contribution in [2.75, 3.05) is 24.7 Å². The molecule has 0 radical (unpaired) electrons. The average molecular weight is 293 g/mol. The van der Waals surface area contributed by atoms with E-state index in [2.05, 4.69) is 0 Å². The third kappa shape index (κ3) is 3.04. The van der Waals surface area contributed by atoms with Gasteiger partial charge in [-0.15, -0.1) is 0 Å². The quantitative estimate of drug-likeness (QED) is 0.850. The second-order valence-electron chi connectivity index (χ2n) is 4.80. The summed E-state index contributed by atoms with van der Waals surface area (Å²) >= 11 is 0. The first-order chi connectivity index (χ1) is 9.32. The Morgan fingerprint density at radius 2 is 2.10 bits per heavy atom. The molecule has 3 nitrogen and oxygen atoms in total. The number of ether oxygens (including phenoxy) is 1. The molecular weight excluding hydrogens is 278 g/mol. The summed E-state index contributed by atoms with van der Waals surface area (Å²) in [6.07, 6.45) is -5.03. The summed E-state index contributed by atoms with van der Waals surface area (Å²) in [4.78, 5) is 1.61. The Bertz CT molecular complexity index is 478. The third-order valence-corrected chi connectivity index (χ3v) is 3.29. The molecule has 2 unspecified atom stereocenters. The molecule has 1 aliphatic heterocycles. The number of halogens is 4. The van der Waals surface area contributed by atoms with Crippen molar-refractivity contribution in [3.63, 3.8) is 0 Å². The van der Waals surface area contributed by atoms with E-state index in [-0.39, 0.29) is 31.5 Å². The Morgan fingerprint density at radius 3 is 2.65 bits per heavy atom. The lowest BCUT2D eigenvalue weighted by molar-refractivity contribution is -0.137. The fourth-order valence-corrected chi connectivity index (χ4v) is 2.18. The molecule has 2 rings (SSSR count). The first-order valence-electron chi connectivity index (χ1n) is 6.18. The molecule has 1 fully saturated rings. The van der Waals surface area contributed by atoms with Gasteiger partial charge in [0.15, 0.2) is 0 Å². The lowest BCUT2D eigenvalue weighted by Crippen LogP contribution is -2.50. The van der Waals surface area contributed by atoms with E-state index in [1.807, 2.05) is 0 Å². The molecular formula is C13H15F4NO2. The van der Waals surface area contributed by atoms with Crippen molar-refractivity contribution < 1.29 is 27.4 Å². The van der Waals surface area contributed by atoms with E-state index < -0.39 is 23.7 Å². The molecule has 0 aliphatic carbocycles. The van der Waals surface area contributed by atoms with Crippen molar-refractivity contribution in [3.05, 3.63) is 29.6 Å². The van der Waals surface area contributed by atoms with Crippen LogP contribution in [0, 0.1) is 5.82 Å². The van der Waals surface area contributed by atoms with Crippen molar-refractivity contribution in [3.8, 4) is 0 Å². The smallest absolute Gasteiger partial charge is 0.394 e. The minimum Gasteiger partial charge on any atom is -0.394 e. The highest BCUT2D eigenvalue weighted by Gasteiger charge is 2.33. The highest BCUT2D eigenvalue weighted by atomic mass is 19.4. The minimum absolute atomic E-state index is 0.0900. The molecule has 1 aliphatic rings. The van der Waals surface area contributed by atoms with Gasteiger partial charge in [0.25, 0.3) is 0 Å². The van der Waals surface area contributed by atoms with Gasteiger partial charge in [-0.2, -0.15) is 13.2 Å². The van der Waals surface area contributed by atoms with Crippen LogP contribution < -0.4 is 4.90 Å². The molecule has 0 amide bonds. The second-order valence-corrected chi connectivity index (χ2v) is 4.80. The maximum atomic E-state index is 13.9. The van der Waals surface area contributed by atoms with Gasteiger partial charge in [0.2, 0.25) is 0 Å². The summed E-state index contributed by atoms with van der Waals surface area (Å²) in [7, 11) is 0. The van der Waals surface area contributed by atoms with E-state index in [9.17, 15) is 17.6 Å². The van der Waals surface area contributed by atoms with Gasteiger partial charge in [0, 0.05) is 12.6 Å². The molecule has 1 aromatic carbocycles. The number of hydrogen-bond acceptors (Lipinski definition) is 3. The number of aliphatic hydroxyl groups excluding tert-OH is 1. The van der Waals surface area contributed by atoms with E-state index >= 15 is 0 Å². The molecule has 1 saturated heterocycles. The average Bonchev–Trinajstić information content (AvgIpc) is 2.38. The van der Waals surface area contributed by atoms with Crippen LogP contribution in [0.4, 0.5) is 23.2 Å². The zero-order valence-electron chi connectivity index (χ0n) is 10.8. The van der Waals surface area contributed by atoms with Crippen molar-refractivity contribution in [2.24, 2.45) is 0 Å². The zero-order chi connectivity index (χ0) is 14.9. The molecule has 7 heteroatoms. The van der Waals surface area contributed by atoms with Crippen molar-refractivity contribution in [1.29, 1.82) is 0 Å².